The number of allylic oxidation sites excluding steroid dienone is 2. The number of fused-ring (bicyclic) bond motifs is 3. The van der Waals surface area contributed by atoms with Gasteiger partial charge >= 0.3 is 0 Å². The molecule has 1 aliphatic heterocycles. The molecule has 3 rings (SSSR count). The number of aliphatic imine (C=N–C) groups is 1. The van der Waals surface area contributed by atoms with Gasteiger partial charge in [0.1, 0.15) is 0 Å². The van der Waals surface area contributed by atoms with Gasteiger partial charge in [-0.2, -0.15) is 0 Å². The molecule has 2 aliphatic rings. The van der Waals surface area contributed by atoms with Crippen LogP contribution >= 0.6 is 0 Å². The Labute approximate surface area is 89.1 Å². The third kappa shape index (κ3) is 1.05. The molecule has 2 unspecified atom stereocenters. The molecule has 1 aliphatic carbocycles. The second-order valence-electron chi connectivity index (χ2n) is 4.14. The summed E-state index contributed by atoms with van der Waals surface area (Å²) in [6, 6.07) is 4.06. The van der Waals surface area contributed by atoms with Crippen molar-refractivity contribution >= 4 is 17.4 Å². The summed E-state index contributed by atoms with van der Waals surface area (Å²) in [4.78, 5) is 8.69. The molecule has 0 saturated carbocycles. The highest BCUT2D eigenvalue weighted by molar-refractivity contribution is 5.96. The van der Waals surface area contributed by atoms with Crippen LogP contribution in [0.4, 0.5) is 0 Å². The van der Waals surface area contributed by atoms with Crippen LogP contribution in [0.25, 0.3) is 11.1 Å². The summed E-state index contributed by atoms with van der Waals surface area (Å²) < 4.78 is 0. The van der Waals surface area contributed by atoms with Crippen LogP contribution in [0.3, 0.4) is 0 Å². The lowest BCUT2D eigenvalue weighted by molar-refractivity contribution is 0.694. The van der Waals surface area contributed by atoms with E-state index in [0.29, 0.717) is 11.8 Å². The number of nitrogens with zero attached hydrogens (tertiary/aromatic N) is 2. The summed E-state index contributed by atoms with van der Waals surface area (Å²) in [5, 5.41) is 0. The van der Waals surface area contributed by atoms with Gasteiger partial charge in [0.05, 0.1) is 5.69 Å². The molecule has 0 radical (unpaired) electrons. The van der Waals surface area contributed by atoms with Gasteiger partial charge in [-0.05, 0) is 11.6 Å². The fourth-order valence-corrected chi connectivity index (χ4v) is 2.48. The van der Waals surface area contributed by atoms with Crippen LogP contribution in [-0.2, 0) is 0 Å². The lowest BCUT2D eigenvalue weighted by Crippen LogP contribution is -2.14. The summed E-state index contributed by atoms with van der Waals surface area (Å²) in [5.41, 5.74) is 4.66. The molecule has 2 atom stereocenters. The van der Waals surface area contributed by atoms with Crippen molar-refractivity contribution < 1.29 is 0 Å². The Bertz CT molecular complexity index is 497. The third-order valence-corrected chi connectivity index (χ3v) is 3.20. The lowest BCUT2D eigenvalue weighted by atomic mass is 9.85. The largest absolute Gasteiger partial charge is 0.268 e. The molecule has 2 heteroatoms. The summed E-state index contributed by atoms with van der Waals surface area (Å²) >= 11 is 0. The molecule has 0 fully saturated rings. The van der Waals surface area contributed by atoms with Gasteiger partial charge in [-0.1, -0.05) is 19.6 Å². The third-order valence-electron chi connectivity index (χ3n) is 3.20. The fraction of sp³-hybridized carbons (Fsp3) is 0.231. The Kier molecular flexibility index (Phi) is 1.66. The average Bonchev–Trinajstić information content (AvgIpc) is 2.55. The van der Waals surface area contributed by atoms with Crippen LogP contribution in [0.5, 0.6) is 0 Å². The van der Waals surface area contributed by atoms with Crippen LogP contribution in [-0.4, -0.2) is 11.2 Å². The van der Waals surface area contributed by atoms with Crippen molar-refractivity contribution in [1.29, 1.82) is 0 Å². The molecule has 2 nitrogen and oxygen atoms in total. The first-order chi connectivity index (χ1) is 7.29. The summed E-state index contributed by atoms with van der Waals surface area (Å²) in [7, 11) is 0. The molecule has 1 aromatic heterocycles. The van der Waals surface area contributed by atoms with Gasteiger partial charge in [0.15, 0.2) is 0 Å². The Balaban J connectivity index is 2.25. The molecule has 0 aromatic carbocycles. The van der Waals surface area contributed by atoms with E-state index in [9.17, 15) is 0 Å². The first kappa shape index (κ1) is 8.60. The van der Waals surface area contributed by atoms with Gasteiger partial charge in [0, 0.05) is 41.6 Å². The van der Waals surface area contributed by atoms with E-state index in [-0.39, 0.29) is 0 Å². The molecular weight excluding hydrogens is 184 g/mol. The molecule has 1 aromatic rings. The molecule has 0 N–H and O–H groups in total. The van der Waals surface area contributed by atoms with Crippen molar-refractivity contribution in [3.05, 3.63) is 42.4 Å². The van der Waals surface area contributed by atoms with Crippen molar-refractivity contribution in [2.75, 3.05) is 0 Å². The standard InChI is InChI=1S/C13H12N2/c1-8-6-14-7-11-12(8)9(2)10-4-3-5-15-13(10)11/h3-8,12H,2H2,1H3. The van der Waals surface area contributed by atoms with E-state index in [2.05, 4.69) is 29.5 Å². The quantitative estimate of drug-likeness (QED) is 0.626. The average molecular weight is 196 g/mol. The van der Waals surface area contributed by atoms with E-state index >= 15 is 0 Å². The Hall–Kier alpha value is -1.70. The van der Waals surface area contributed by atoms with E-state index in [1.54, 1.807) is 0 Å². The van der Waals surface area contributed by atoms with Crippen LogP contribution in [0.2, 0.25) is 0 Å². The van der Waals surface area contributed by atoms with Gasteiger partial charge in [-0.25, -0.2) is 0 Å². The van der Waals surface area contributed by atoms with E-state index < -0.39 is 0 Å². The summed E-state index contributed by atoms with van der Waals surface area (Å²) in [6.07, 6.45) is 5.75. The number of hydrogen-bond donors (Lipinski definition) is 0. The van der Waals surface area contributed by atoms with E-state index in [4.69, 9.17) is 0 Å². The Morgan fingerprint density at radius 3 is 3.13 bits per heavy atom. The van der Waals surface area contributed by atoms with Gasteiger partial charge < -0.3 is 0 Å². The maximum atomic E-state index is 4.43. The summed E-state index contributed by atoms with van der Waals surface area (Å²) in [6.45, 7) is 6.37. The Morgan fingerprint density at radius 1 is 1.40 bits per heavy atom. The first-order valence-corrected chi connectivity index (χ1v) is 5.17. The topological polar surface area (TPSA) is 25.2 Å². The van der Waals surface area contributed by atoms with Crippen LogP contribution in [0.15, 0.2) is 36.1 Å². The minimum Gasteiger partial charge on any atom is -0.268 e. The zero-order chi connectivity index (χ0) is 10.4. The zero-order valence-electron chi connectivity index (χ0n) is 8.64. The lowest BCUT2D eigenvalue weighted by Gasteiger charge is -2.20. The van der Waals surface area contributed by atoms with Crippen LogP contribution in [0.1, 0.15) is 18.2 Å². The number of aromatic nitrogens is 1. The highest BCUT2D eigenvalue weighted by Crippen LogP contribution is 2.47. The normalized spacial score (nSPS) is 27.3. The second kappa shape index (κ2) is 2.89. The molecule has 0 saturated heterocycles. The molecule has 0 spiro atoms. The number of hydrogen-bond acceptors (Lipinski definition) is 2. The van der Waals surface area contributed by atoms with Gasteiger partial charge in [0.25, 0.3) is 0 Å². The number of pyridine rings is 1. The second-order valence-corrected chi connectivity index (χ2v) is 4.14. The van der Waals surface area contributed by atoms with Crippen LogP contribution in [0, 0.1) is 11.8 Å². The van der Waals surface area contributed by atoms with Gasteiger partial charge in [-0.3, -0.25) is 9.98 Å². The van der Waals surface area contributed by atoms with Gasteiger partial charge in [0.2, 0.25) is 0 Å². The molecule has 0 bridgehead atoms. The minimum absolute atomic E-state index is 0.382. The van der Waals surface area contributed by atoms with Crippen molar-refractivity contribution in [2.24, 2.45) is 16.8 Å². The molecule has 74 valence electrons. The monoisotopic (exact) mass is 196 g/mol. The maximum Gasteiger partial charge on any atom is 0.0758 e. The molecular formula is C13H12N2. The highest BCUT2D eigenvalue weighted by Gasteiger charge is 2.35. The predicted octanol–water partition coefficient (Wildman–Crippen LogP) is 2.79. The Morgan fingerprint density at radius 2 is 2.27 bits per heavy atom. The first-order valence-electron chi connectivity index (χ1n) is 5.17. The summed E-state index contributed by atoms with van der Waals surface area (Å²) in [5.74, 6) is 0.805. The molecule has 0 amide bonds. The van der Waals surface area contributed by atoms with Crippen molar-refractivity contribution in [2.45, 2.75) is 6.92 Å². The molecule has 15 heavy (non-hydrogen) atoms. The SMILES string of the molecule is C=C1c2cccnc2C2=CN=CC(C)C12. The van der Waals surface area contributed by atoms with E-state index in [1.807, 2.05) is 24.7 Å². The van der Waals surface area contributed by atoms with Crippen molar-refractivity contribution in [3.8, 4) is 0 Å². The smallest absolute Gasteiger partial charge is 0.0758 e. The predicted molar refractivity (Wildman–Crippen MR) is 62.4 cm³/mol. The highest BCUT2D eigenvalue weighted by atomic mass is 14.8. The number of rotatable bonds is 0. The van der Waals surface area contributed by atoms with E-state index in [1.165, 1.54) is 16.7 Å². The van der Waals surface area contributed by atoms with E-state index in [0.717, 1.165) is 5.69 Å². The minimum atomic E-state index is 0.382. The zero-order valence-corrected chi connectivity index (χ0v) is 8.64. The maximum absolute atomic E-state index is 4.43. The van der Waals surface area contributed by atoms with Crippen molar-refractivity contribution in [3.63, 3.8) is 0 Å². The van der Waals surface area contributed by atoms with Gasteiger partial charge in [-0.15, -0.1) is 0 Å². The van der Waals surface area contributed by atoms with Crippen LogP contribution < -0.4 is 0 Å². The fourth-order valence-electron chi connectivity index (χ4n) is 2.48. The molecule has 2 heterocycles. The van der Waals surface area contributed by atoms with Crippen molar-refractivity contribution in [1.82, 2.24) is 4.98 Å².